The third-order valence-corrected chi connectivity index (χ3v) is 2.71. The Morgan fingerprint density at radius 2 is 2.31 bits per heavy atom. The molecule has 88 valence electrons. The largest absolute Gasteiger partial charge is 0.467 e. The summed E-state index contributed by atoms with van der Waals surface area (Å²) in [5.41, 5.74) is 0. The monoisotopic (exact) mass is 224 g/mol. The van der Waals surface area contributed by atoms with Crippen molar-refractivity contribution in [3.8, 4) is 0 Å². The van der Waals surface area contributed by atoms with Crippen LogP contribution in [0.15, 0.2) is 22.8 Å². The third-order valence-electron chi connectivity index (χ3n) is 2.71. The molecule has 2 N–H and O–H groups in total. The highest BCUT2D eigenvalue weighted by Gasteiger charge is 2.21. The minimum absolute atomic E-state index is 0.0228. The van der Waals surface area contributed by atoms with Gasteiger partial charge in [0.2, 0.25) is 5.91 Å². The maximum Gasteiger partial charge on any atom is 0.225 e. The van der Waals surface area contributed by atoms with E-state index in [1.165, 1.54) is 6.26 Å². The van der Waals surface area contributed by atoms with Gasteiger partial charge in [0.1, 0.15) is 11.9 Å². The number of hydrogen-bond acceptors (Lipinski definition) is 4. The van der Waals surface area contributed by atoms with Crippen molar-refractivity contribution in [2.24, 2.45) is 0 Å². The van der Waals surface area contributed by atoms with Crippen molar-refractivity contribution in [1.29, 1.82) is 0 Å². The van der Waals surface area contributed by atoms with Gasteiger partial charge in [-0.25, -0.2) is 0 Å². The van der Waals surface area contributed by atoms with E-state index in [2.05, 4.69) is 5.32 Å². The molecule has 1 aliphatic heterocycles. The summed E-state index contributed by atoms with van der Waals surface area (Å²) in [7, 11) is 0. The number of furan rings is 1. The van der Waals surface area contributed by atoms with Crippen LogP contribution in [0, 0.1) is 0 Å². The Morgan fingerprint density at radius 3 is 2.94 bits per heavy atom. The number of amides is 1. The molecule has 1 aliphatic rings. The highest BCUT2D eigenvalue weighted by molar-refractivity contribution is 5.76. The molecule has 0 aliphatic carbocycles. The van der Waals surface area contributed by atoms with Crippen LogP contribution in [0.1, 0.15) is 18.3 Å². The summed E-state index contributed by atoms with van der Waals surface area (Å²) in [5, 5.41) is 12.9. The number of aliphatic hydroxyl groups is 1. The van der Waals surface area contributed by atoms with Gasteiger partial charge in [-0.15, -0.1) is 0 Å². The van der Waals surface area contributed by atoms with Crippen molar-refractivity contribution in [3.05, 3.63) is 24.2 Å². The molecule has 1 aromatic rings. The van der Waals surface area contributed by atoms with Gasteiger partial charge in [-0.1, -0.05) is 0 Å². The van der Waals surface area contributed by atoms with Gasteiger partial charge < -0.3 is 19.7 Å². The predicted octanol–water partition coefficient (Wildman–Crippen LogP) is 0.135. The SMILES string of the molecule is O=C(CC(O)c1ccco1)N1CCNCC1. The van der Waals surface area contributed by atoms with E-state index in [0.29, 0.717) is 18.8 Å². The van der Waals surface area contributed by atoms with Crippen LogP contribution < -0.4 is 5.32 Å². The van der Waals surface area contributed by atoms with Crippen LogP contribution >= 0.6 is 0 Å². The summed E-state index contributed by atoms with van der Waals surface area (Å²) in [5.74, 6) is 0.425. The summed E-state index contributed by atoms with van der Waals surface area (Å²) < 4.78 is 5.05. The molecule has 5 nitrogen and oxygen atoms in total. The lowest BCUT2D eigenvalue weighted by Gasteiger charge is -2.28. The molecule has 1 saturated heterocycles. The first kappa shape index (κ1) is 11.2. The van der Waals surface area contributed by atoms with Crippen molar-refractivity contribution in [2.45, 2.75) is 12.5 Å². The molecular weight excluding hydrogens is 208 g/mol. The molecule has 0 saturated carbocycles. The van der Waals surface area contributed by atoms with Gasteiger partial charge in [-0.3, -0.25) is 4.79 Å². The van der Waals surface area contributed by atoms with E-state index in [9.17, 15) is 9.90 Å². The Kier molecular flexibility index (Phi) is 3.58. The molecule has 2 rings (SSSR count). The van der Waals surface area contributed by atoms with E-state index in [1.807, 2.05) is 0 Å². The van der Waals surface area contributed by atoms with Crippen molar-refractivity contribution in [1.82, 2.24) is 10.2 Å². The molecule has 1 amide bonds. The fraction of sp³-hybridized carbons (Fsp3) is 0.545. The second-order valence-electron chi connectivity index (χ2n) is 3.87. The number of carbonyl (C=O) groups is 1. The van der Waals surface area contributed by atoms with E-state index in [4.69, 9.17) is 4.42 Å². The van der Waals surface area contributed by atoms with Crippen molar-refractivity contribution in [2.75, 3.05) is 26.2 Å². The van der Waals surface area contributed by atoms with Gasteiger partial charge in [0.15, 0.2) is 0 Å². The lowest BCUT2D eigenvalue weighted by atomic mass is 10.2. The van der Waals surface area contributed by atoms with E-state index >= 15 is 0 Å². The van der Waals surface area contributed by atoms with Crippen LogP contribution in [0.5, 0.6) is 0 Å². The molecule has 1 atom stereocenters. The zero-order valence-corrected chi connectivity index (χ0v) is 9.06. The topological polar surface area (TPSA) is 65.7 Å². The lowest BCUT2D eigenvalue weighted by molar-refractivity contribution is -0.134. The molecule has 1 unspecified atom stereocenters. The van der Waals surface area contributed by atoms with E-state index < -0.39 is 6.10 Å². The van der Waals surface area contributed by atoms with E-state index in [-0.39, 0.29) is 12.3 Å². The van der Waals surface area contributed by atoms with Crippen LogP contribution in [0.2, 0.25) is 0 Å². The maximum atomic E-state index is 11.8. The molecule has 0 radical (unpaired) electrons. The molecular formula is C11H16N2O3. The van der Waals surface area contributed by atoms with E-state index in [1.54, 1.807) is 17.0 Å². The van der Waals surface area contributed by atoms with Crippen molar-refractivity contribution >= 4 is 5.91 Å². The Balaban J connectivity index is 1.86. The number of piperazine rings is 1. The number of carbonyl (C=O) groups excluding carboxylic acids is 1. The maximum absolute atomic E-state index is 11.8. The molecule has 5 heteroatoms. The predicted molar refractivity (Wildman–Crippen MR) is 57.7 cm³/mol. The smallest absolute Gasteiger partial charge is 0.225 e. The minimum atomic E-state index is -0.836. The fourth-order valence-electron chi connectivity index (χ4n) is 1.79. The molecule has 0 aromatic carbocycles. The summed E-state index contributed by atoms with van der Waals surface area (Å²) >= 11 is 0. The van der Waals surface area contributed by atoms with Crippen LogP contribution in [0.3, 0.4) is 0 Å². The third kappa shape index (κ3) is 2.62. The highest BCUT2D eigenvalue weighted by Crippen LogP contribution is 2.17. The zero-order valence-electron chi connectivity index (χ0n) is 9.06. The summed E-state index contributed by atoms with van der Waals surface area (Å²) in [6, 6.07) is 3.38. The Hall–Kier alpha value is -1.33. The zero-order chi connectivity index (χ0) is 11.4. The average Bonchev–Trinajstić information content (AvgIpc) is 2.83. The van der Waals surface area contributed by atoms with E-state index in [0.717, 1.165) is 13.1 Å². The number of aliphatic hydroxyl groups excluding tert-OH is 1. The van der Waals surface area contributed by atoms with Gasteiger partial charge in [-0.05, 0) is 12.1 Å². The van der Waals surface area contributed by atoms with Gasteiger partial charge in [0.05, 0.1) is 12.7 Å². The summed E-state index contributed by atoms with van der Waals surface area (Å²) in [4.78, 5) is 13.6. The van der Waals surface area contributed by atoms with Crippen molar-refractivity contribution < 1.29 is 14.3 Å². The summed E-state index contributed by atoms with van der Waals surface area (Å²) in [6.45, 7) is 3.07. The highest BCUT2D eigenvalue weighted by atomic mass is 16.4. The molecule has 1 fully saturated rings. The van der Waals surface area contributed by atoms with Gasteiger partial charge >= 0.3 is 0 Å². The second-order valence-corrected chi connectivity index (χ2v) is 3.87. The summed E-state index contributed by atoms with van der Waals surface area (Å²) in [6.07, 6.45) is 0.749. The molecule has 16 heavy (non-hydrogen) atoms. The Labute approximate surface area is 94.0 Å². The Bertz CT molecular complexity index is 331. The minimum Gasteiger partial charge on any atom is -0.467 e. The molecule has 0 bridgehead atoms. The fourth-order valence-corrected chi connectivity index (χ4v) is 1.79. The quantitative estimate of drug-likeness (QED) is 0.766. The molecule has 2 heterocycles. The van der Waals surface area contributed by atoms with Gasteiger partial charge in [0.25, 0.3) is 0 Å². The first-order valence-corrected chi connectivity index (χ1v) is 5.47. The van der Waals surface area contributed by atoms with Crippen molar-refractivity contribution in [3.63, 3.8) is 0 Å². The molecule has 0 spiro atoms. The van der Waals surface area contributed by atoms with Crippen LogP contribution in [0.4, 0.5) is 0 Å². The number of rotatable bonds is 3. The first-order chi connectivity index (χ1) is 7.77. The molecule has 1 aromatic heterocycles. The van der Waals surface area contributed by atoms with Crippen LogP contribution in [-0.4, -0.2) is 42.1 Å². The number of nitrogens with one attached hydrogen (secondary N) is 1. The normalized spacial score (nSPS) is 18.4. The van der Waals surface area contributed by atoms with Crippen LogP contribution in [0.25, 0.3) is 0 Å². The Morgan fingerprint density at radius 1 is 1.56 bits per heavy atom. The standard InChI is InChI=1S/C11H16N2O3/c14-9(10-2-1-7-16-10)8-11(15)13-5-3-12-4-6-13/h1-2,7,9,12,14H,3-6,8H2. The first-order valence-electron chi connectivity index (χ1n) is 5.47. The second kappa shape index (κ2) is 5.14. The lowest BCUT2D eigenvalue weighted by Crippen LogP contribution is -2.46. The average molecular weight is 224 g/mol. The van der Waals surface area contributed by atoms with Crippen LogP contribution in [-0.2, 0) is 4.79 Å². The number of nitrogens with zero attached hydrogens (tertiary/aromatic N) is 1. The van der Waals surface area contributed by atoms with Gasteiger partial charge in [-0.2, -0.15) is 0 Å². The number of hydrogen-bond donors (Lipinski definition) is 2. The van der Waals surface area contributed by atoms with Gasteiger partial charge in [0, 0.05) is 26.2 Å².